The van der Waals surface area contributed by atoms with E-state index in [1.807, 2.05) is 21.1 Å². The van der Waals surface area contributed by atoms with Gasteiger partial charge in [-0.15, -0.1) is 0 Å². The van der Waals surface area contributed by atoms with Gasteiger partial charge in [-0.05, 0) is 12.8 Å². The lowest BCUT2D eigenvalue weighted by Crippen LogP contribution is -2.40. The number of hydrogen-bond donors (Lipinski definition) is 1. The maximum atomic E-state index is 12.9. The van der Waals surface area contributed by atoms with E-state index in [-0.39, 0.29) is 38.2 Å². The number of nitrogens with zero attached hydrogens (tertiary/aromatic N) is 1. The minimum Gasteiger partial charge on any atom is -0.477 e. The standard InChI is InChI=1S/C63H123NO8/c1-6-8-10-12-14-16-18-20-22-24-25-26-27-28-29-30-31-32-33-34-35-36-37-38-40-42-44-46-48-50-52-54-61(66)72-59(58-71-63(62(67)68)69-56-55-64(3,4)5)57-70-60(65)53-51-49-47-45-43-41-39-23-21-19-17-15-13-11-9-7-2/h59,63H,6-58H2,1-5H3/p+1. The molecule has 0 aromatic heterocycles. The first kappa shape index (κ1) is 70.3. The van der Waals surface area contributed by atoms with Gasteiger partial charge in [0.25, 0.3) is 6.29 Å². The van der Waals surface area contributed by atoms with Crippen molar-refractivity contribution in [2.45, 2.75) is 341 Å². The van der Waals surface area contributed by atoms with Crippen molar-refractivity contribution in [2.24, 2.45) is 0 Å². The van der Waals surface area contributed by atoms with Gasteiger partial charge in [0, 0.05) is 12.8 Å². The highest BCUT2D eigenvalue weighted by Crippen LogP contribution is 2.19. The Morgan fingerprint density at radius 2 is 0.625 bits per heavy atom. The summed E-state index contributed by atoms with van der Waals surface area (Å²) in [6.07, 6.45) is 60.6. The number of carboxylic acid groups (broad SMARTS) is 1. The molecule has 72 heavy (non-hydrogen) atoms. The van der Waals surface area contributed by atoms with Gasteiger partial charge in [0.1, 0.15) is 13.2 Å². The van der Waals surface area contributed by atoms with Gasteiger partial charge in [0.2, 0.25) is 0 Å². The summed E-state index contributed by atoms with van der Waals surface area (Å²) in [6, 6.07) is 0. The number of hydrogen-bond acceptors (Lipinski definition) is 7. The lowest BCUT2D eigenvalue weighted by atomic mass is 10.0. The molecule has 2 atom stereocenters. The molecular weight excluding hydrogens is 899 g/mol. The van der Waals surface area contributed by atoms with Crippen LogP contribution < -0.4 is 0 Å². The normalized spacial score (nSPS) is 12.6. The highest BCUT2D eigenvalue weighted by Gasteiger charge is 2.25. The van der Waals surface area contributed by atoms with Crippen LogP contribution in [0.4, 0.5) is 0 Å². The molecule has 1 N–H and O–H groups in total. The second kappa shape index (κ2) is 55.5. The molecule has 0 bridgehead atoms. The summed E-state index contributed by atoms with van der Waals surface area (Å²) in [7, 11) is 5.99. The molecule has 0 aliphatic rings. The topological polar surface area (TPSA) is 108 Å². The first-order valence-corrected chi connectivity index (χ1v) is 31.7. The van der Waals surface area contributed by atoms with E-state index < -0.39 is 18.4 Å². The summed E-state index contributed by atoms with van der Waals surface area (Å²) in [5.74, 6) is -1.97. The van der Waals surface area contributed by atoms with Crippen molar-refractivity contribution in [3.05, 3.63) is 0 Å². The molecule has 0 aliphatic carbocycles. The number of ether oxygens (including phenoxy) is 4. The highest BCUT2D eigenvalue weighted by molar-refractivity contribution is 5.71. The molecule has 428 valence electrons. The van der Waals surface area contributed by atoms with E-state index in [1.54, 1.807) is 0 Å². The molecule has 0 aromatic rings. The molecule has 9 heteroatoms. The van der Waals surface area contributed by atoms with Gasteiger partial charge >= 0.3 is 17.9 Å². The molecule has 0 saturated carbocycles. The predicted molar refractivity (Wildman–Crippen MR) is 305 cm³/mol. The van der Waals surface area contributed by atoms with E-state index in [0.717, 1.165) is 38.5 Å². The summed E-state index contributed by atoms with van der Waals surface area (Å²) < 4.78 is 22.9. The fraction of sp³-hybridized carbons (Fsp3) is 0.952. The zero-order valence-corrected chi connectivity index (χ0v) is 48.9. The quantitative estimate of drug-likeness (QED) is 0.0278. The molecule has 0 aliphatic heterocycles. The van der Waals surface area contributed by atoms with E-state index in [9.17, 15) is 19.5 Å². The number of carbonyl (C=O) groups excluding carboxylic acids is 2. The van der Waals surface area contributed by atoms with E-state index in [1.165, 1.54) is 263 Å². The van der Waals surface area contributed by atoms with Crippen molar-refractivity contribution in [3.8, 4) is 0 Å². The van der Waals surface area contributed by atoms with Gasteiger partial charge in [-0.2, -0.15) is 0 Å². The Hall–Kier alpha value is -1.71. The molecule has 0 amide bonds. The lowest BCUT2D eigenvalue weighted by Gasteiger charge is -2.25. The molecule has 0 fully saturated rings. The van der Waals surface area contributed by atoms with E-state index in [2.05, 4.69) is 13.8 Å². The van der Waals surface area contributed by atoms with Crippen LogP contribution in [0.15, 0.2) is 0 Å². The minimum atomic E-state index is -1.50. The van der Waals surface area contributed by atoms with Crippen molar-refractivity contribution >= 4 is 17.9 Å². The van der Waals surface area contributed by atoms with Crippen molar-refractivity contribution < 1.29 is 42.9 Å². The van der Waals surface area contributed by atoms with E-state index in [0.29, 0.717) is 17.4 Å². The second-order valence-electron chi connectivity index (χ2n) is 23.1. The van der Waals surface area contributed by atoms with E-state index >= 15 is 0 Å². The summed E-state index contributed by atoms with van der Waals surface area (Å²) in [5, 5.41) is 9.71. The second-order valence-corrected chi connectivity index (χ2v) is 23.1. The Kier molecular flexibility index (Phi) is 54.2. The molecule has 0 radical (unpaired) electrons. The van der Waals surface area contributed by atoms with Crippen molar-refractivity contribution in [1.82, 2.24) is 0 Å². The average molecular weight is 1020 g/mol. The minimum absolute atomic E-state index is 0.172. The van der Waals surface area contributed by atoms with Crippen LogP contribution in [-0.4, -0.2) is 87.4 Å². The average Bonchev–Trinajstić information content (AvgIpc) is 3.35. The van der Waals surface area contributed by atoms with Gasteiger partial charge in [0.15, 0.2) is 6.10 Å². The molecule has 2 unspecified atom stereocenters. The number of likely N-dealkylation sites (N-methyl/N-ethyl adjacent to an activating group) is 1. The highest BCUT2D eigenvalue weighted by atomic mass is 16.7. The molecule has 0 spiro atoms. The molecule has 0 rings (SSSR count). The SMILES string of the molecule is CCCCCCCCCCCCCCCCCCCCCCCCCCCCCCCCCC(=O)OC(COC(=O)CCCCCCCCCCCCCCCCCC)COC(OCC[N+](C)(C)C)C(=O)O. The Morgan fingerprint density at radius 1 is 0.361 bits per heavy atom. The van der Waals surface area contributed by atoms with E-state index in [4.69, 9.17) is 18.9 Å². The third kappa shape index (κ3) is 56.0. The van der Waals surface area contributed by atoms with Crippen LogP contribution in [0, 0.1) is 0 Å². The fourth-order valence-electron chi connectivity index (χ4n) is 9.72. The van der Waals surface area contributed by atoms with Crippen LogP contribution in [0.2, 0.25) is 0 Å². The first-order valence-electron chi connectivity index (χ1n) is 31.7. The molecule has 0 aromatic carbocycles. The summed E-state index contributed by atoms with van der Waals surface area (Å²) >= 11 is 0. The smallest absolute Gasteiger partial charge is 0.361 e. The summed E-state index contributed by atoms with van der Waals surface area (Å²) in [5.41, 5.74) is 0. The van der Waals surface area contributed by atoms with Gasteiger partial charge in [-0.1, -0.05) is 303 Å². The van der Waals surface area contributed by atoms with Crippen molar-refractivity contribution in [1.29, 1.82) is 0 Å². The Labute approximate surface area is 447 Å². The number of aliphatic carboxylic acids is 1. The predicted octanol–water partition coefficient (Wildman–Crippen LogP) is 18.7. The van der Waals surface area contributed by atoms with Gasteiger partial charge in [-0.25, -0.2) is 4.79 Å². The van der Waals surface area contributed by atoms with Crippen LogP contribution in [0.5, 0.6) is 0 Å². The maximum absolute atomic E-state index is 12.9. The molecule has 0 heterocycles. The fourth-order valence-corrected chi connectivity index (χ4v) is 9.72. The first-order chi connectivity index (χ1) is 35.1. The molecule has 9 nitrogen and oxygen atoms in total. The van der Waals surface area contributed by atoms with Crippen molar-refractivity contribution in [2.75, 3.05) is 47.5 Å². The molecule has 0 saturated heterocycles. The Balaban J connectivity index is 4.04. The third-order valence-corrected chi connectivity index (χ3v) is 14.6. The van der Waals surface area contributed by atoms with Gasteiger partial charge in [0.05, 0.1) is 34.4 Å². The van der Waals surface area contributed by atoms with Crippen LogP contribution in [0.3, 0.4) is 0 Å². The Bertz CT molecular complexity index is 1140. The summed E-state index contributed by atoms with van der Waals surface area (Å²) in [6.45, 7) is 4.95. The van der Waals surface area contributed by atoms with Gasteiger partial charge < -0.3 is 28.5 Å². The number of carboxylic acids is 1. The third-order valence-electron chi connectivity index (χ3n) is 14.6. The van der Waals surface area contributed by atoms with Crippen LogP contribution in [-0.2, 0) is 33.3 Å². The number of rotatable bonds is 60. The number of carbonyl (C=O) groups is 3. The largest absolute Gasteiger partial charge is 0.477 e. The Morgan fingerprint density at radius 3 is 0.889 bits per heavy atom. The van der Waals surface area contributed by atoms with Gasteiger partial charge in [-0.3, -0.25) is 9.59 Å². The monoisotopic (exact) mass is 1020 g/mol. The lowest BCUT2D eigenvalue weighted by molar-refractivity contribution is -0.870. The zero-order valence-electron chi connectivity index (χ0n) is 48.9. The van der Waals surface area contributed by atoms with Crippen LogP contribution >= 0.6 is 0 Å². The maximum Gasteiger partial charge on any atom is 0.361 e. The number of esters is 2. The van der Waals surface area contributed by atoms with Crippen LogP contribution in [0.25, 0.3) is 0 Å². The number of quaternary nitrogens is 1. The van der Waals surface area contributed by atoms with Crippen LogP contribution in [0.1, 0.15) is 328 Å². The zero-order chi connectivity index (χ0) is 52.7. The van der Waals surface area contributed by atoms with Crippen molar-refractivity contribution in [3.63, 3.8) is 0 Å². The summed E-state index contributed by atoms with van der Waals surface area (Å²) in [4.78, 5) is 37.4. The molecular formula is C63H124NO8+. The number of unbranched alkanes of at least 4 members (excludes halogenated alkanes) is 45.